The summed E-state index contributed by atoms with van der Waals surface area (Å²) < 4.78 is 24.4. The average Bonchev–Trinajstić information content (AvgIpc) is 3.66. The number of aromatic nitrogens is 2. The summed E-state index contributed by atoms with van der Waals surface area (Å²) in [6.07, 6.45) is 0. The van der Waals surface area contributed by atoms with Gasteiger partial charge < -0.3 is 4.42 Å². The van der Waals surface area contributed by atoms with Crippen molar-refractivity contribution in [3.63, 3.8) is 0 Å². The highest BCUT2D eigenvalue weighted by Crippen LogP contribution is 2.43. The van der Waals surface area contributed by atoms with Gasteiger partial charge in [-0.3, -0.25) is 4.57 Å². The molecule has 0 N–H and O–H groups in total. The molecule has 0 aliphatic heterocycles. The normalized spacial score (nSPS) is 11.9. The Balaban J connectivity index is 1.43. The van der Waals surface area contributed by atoms with Crippen LogP contribution in [-0.4, -0.2) is 9.55 Å². The van der Waals surface area contributed by atoms with E-state index < -0.39 is 0 Å². The fourth-order valence-electron chi connectivity index (χ4n) is 6.88. The van der Waals surface area contributed by atoms with Gasteiger partial charge >= 0.3 is 0 Å². The Bertz CT molecular complexity index is 2390. The largest absolute Gasteiger partial charge is 0.455 e. The van der Waals surface area contributed by atoms with Crippen LogP contribution in [0.3, 0.4) is 0 Å². The third-order valence-corrected chi connectivity index (χ3v) is 9.22. The van der Waals surface area contributed by atoms with Crippen molar-refractivity contribution in [2.24, 2.45) is 0 Å². The Morgan fingerprint density at radius 2 is 1.23 bits per heavy atom. The van der Waals surface area contributed by atoms with Crippen molar-refractivity contribution in [2.75, 3.05) is 0 Å². The summed E-state index contributed by atoms with van der Waals surface area (Å²) in [5.74, 6) is 0.997. The minimum atomic E-state index is -0.307. The molecule has 0 radical (unpaired) electrons. The third kappa shape index (κ3) is 4.83. The van der Waals surface area contributed by atoms with Crippen LogP contribution in [0.5, 0.6) is 0 Å². The van der Waals surface area contributed by atoms with Crippen molar-refractivity contribution in [2.45, 2.75) is 39.5 Å². The molecule has 0 aliphatic carbocycles. The number of hydrogen-bond acceptors (Lipinski definition) is 2. The molecule has 8 aromatic rings. The van der Waals surface area contributed by atoms with Gasteiger partial charge in [-0.25, -0.2) is 9.37 Å². The summed E-state index contributed by atoms with van der Waals surface area (Å²) in [5, 5.41) is 1.81. The Labute approximate surface area is 273 Å². The molecule has 47 heavy (non-hydrogen) atoms. The first-order valence-corrected chi connectivity index (χ1v) is 16.3. The molecule has 6 aromatic carbocycles. The van der Waals surface area contributed by atoms with Crippen molar-refractivity contribution in [3.8, 4) is 39.3 Å². The van der Waals surface area contributed by atoms with Crippen molar-refractivity contribution >= 4 is 33.0 Å². The van der Waals surface area contributed by atoms with Crippen LogP contribution in [0.25, 0.3) is 72.3 Å². The molecule has 2 aromatic heterocycles. The summed E-state index contributed by atoms with van der Waals surface area (Å²) in [6.45, 7) is 9.04. The van der Waals surface area contributed by atoms with Crippen molar-refractivity contribution in [3.05, 3.63) is 144 Å². The SMILES string of the molecule is CC(C)c1cc(-c2ccccc2)cc(C(C)C)c1-n1c(-c2cccc3c2oc2cc(F)c(-c4ccccc4)cc23)nc2ccccc21. The number of hydrogen-bond donors (Lipinski definition) is 0. The van der Waals surface area contributed by atoms with Gasteiger partial charge in [0.15, 0.2) is 0 Å². The topological polar surface area (TPSA) is 31.0 Å². The standard InChI is InChI=1S/C43H35FN2O/c1-26(2)33-22-30(28-14-7-5-8-15-28)23-34(27(3)4)41(33)46-39-21-12-11-20-38(39)45-43(46)32-19-13-18-31-36-24-35(29-16-9-6-10-17-29)37(44)25-40(36)47-42(31)32/h5-27H,1-4H3. The lowest BCUT2D eigenvalue weighted by atomic mass is 9.88. The van der Waals surface area contributed by atoms with E-state index in [1.807, 2.05) is 48.5 Å². The Morgan fingerprint density at radius 3 is 1.91 bits per heavy atom. The summed E-state index contributed by atoms with van der Waals surface area (Å²) in [7, 11) is 0. The van der Waals surface area contributed by atoms with Gasteiger partial charge in [-0.1, -0.05) is 113 Å². The van der Waals surface area contributed by atoms with Crippen LogP contribution in [0.4, 0.5) is 4.39 Å². The first kappa shape index (κ1) is 29.0. The van der Waals surface area contributed by atoms with Gasteiger partial charge in [-0.2, -0.15) is 0 Å². The van der Waals surface area contributed by atoms with E-state index in [4.69, 9.17) is 9.40 Å². The molecule has 0 bridgehead atoms. The Hall–Kier alpha value is -5.48. The van der Waals surface area contributed by atoms with E-state index in [1.165, 1.54) is 28.3 Å². The van der Waals surface area contributed by atoms with Gasteiger partial charge in [0.25, 0.3) is 0 Å². The minimum absolute atomic E-state index is 0.251. The molecule has 3 nitrogen and oxygen atoms in total. The monoisotopic (exact) mass is 614 g/mol. The second-order valence-electron chi connectivity index (χ2n) is 12.9. The number of furan rings is 1. The first-order valence-electron chi connectivity index (χ1n) is 16.3. The first-order chi connectivity index (χ1) is 22.9. The van der Waals surface area contributed by atoms with Gasteiger partial charge in [-0.15, -0.1) is 0 Å². The van der Waals surface area contributed by atoms with Gasteiger partial charge in [0.05, 0.1) is 22.3 Å². The zero-order valence-corrected chi connectivity index (χ0v) is 27.0. The van der Waals surface area contributed by atoms with E-state index in [9.17, 15) is 0 Å². The maximum Gasteiger partial charge on any atom is 0.149 e. The fourth-order valence-corrected chi connectivity index (χ4v) is 6.88. The van der Waals surface area contributed by atoms with E-state index >= 15 is 4.39 Å². The lowest BCUT2D eigenvalue weighted by Crippen LogP contribution is -2.09. The quantitative estimate of drug-likeness (QED) is 0.187. The highest BCUT2D eigenvalue weighted by molar-refractivity contribution is 6.10. The maximum absolute atomic E-state index is 15.5. The third-order valence-electron chi connectivity index (χ3n) is 9.22. The molecule has 2 heterocycles. The van der Waals surface area contributed by atoms with E-state index in [0.29, 0.717) is 16.7 Å². The lowest BCUT2D eigenvalue weighted by molar-refractivity contribution is 0.621. The summed E-state index contributed by atoms with van der Waals surface area (Å²) >= 11 is 0. The molecule has 0 unspecified atom stereocenters. The van der Waals surface area contributed by atoms with E-state index in [0.717, 1.165) is 44.4 Å². The maximum atomic E-state index is 15.5. The lowest BCUT2D eigenvalue weighted by Gasteiger charge is -2.24. The predicted molar refractivity (Wildman–Crippen MR) is 193 cm³/mol. The molecule has 0 amide bonds. The van der Waals surface area contributed by atoms with Crippen molar-refractivity contribution in [1.29, 1.82) is 0 Å². The summed E-state index contributed by atoms with van der Waals surface area (Å²) in [4.78, 5) is 5.27. The van der Waals surface area contributed by atoms with E-state index in [2.05, 4.69) is 105 Å². The van der Waals surface area contributed by atoms with Gasteiger partial charge in [0, 0.05) is 22.4 Å². The molecule has 0 aliphatic rings. The Kier molecular flexibility index (Phi) is 7.02. The summed E-state index contributed by atoms with van der Waals surface area (Å²) in [5.41, 5.74) is 11.5. The highest BCUT2D eigenvalue weighted by atomic mass is 19.1. The second kappa shape index (κ2) is 11.4. The van der Waals surface area contributed by atoms with Gasteiger partial charge in [0.1, 0.15) is 22.8 Å². The average molecular weight is 615 g/mol. The number of fused-ring (bicyclic) bond motifs is 4. The predicted octanol–water partition coefficient (Wildman–Crippen LogP) is 12.3. The smallest absolute Gasteiger partial charge is 0.149 e. The molecule has 0 saturated carbocycles. The van der Waals surface area contributed by atoms with Crippen molar-refractivity contribution < 1.29 is 8.81 Å². The number of imidazole rings is 1. The van der Waals surface area contributed by atoms with Crippen LogP contribution >= 0.6 is 0 Å². The number of nitrogens with zero attached hydrogens (tertiary/aromatic N) is 2. The number of rotatable bonds is 6. The van der Waals surface area contributed by atoms with Crippen molar-refractivity contribution in [1.82, 2.24) is 9.55 Å². The van der Waals surface area contributed by atoms with Gasteiger partial charge in [-0.05, 0) is 76.1 Å². The number of halogens is 1. The van der Waals surface area contributed by atoms with Crippen LogP contribution in [0.15, 0.2) is 132 Å². The highest BCUT2D eigenvalue weighted by Gasteiger charge is 2.25. The molecule has 0 fully saturated rings. The molecule has 8 rings (SSSR count). The molecular weight excluding hydrogens is 579 g/mol. The van der Waals surface area contributed by atoms with Crippen LogP contribution in [0, 0.1) is 5.82 Å². The van der Waals surface area contributed by atoms with Crippen LogP contribution < -0.4 is 0 Å². The molecule has 230 valence electrons. The second-order valence-corrected chi connectivity index (χ2v) is 12.9. The zero-order chi connectivity index (χ0) is 32.2. The molecule has 0 spiro atoms. The van der Waals surface area contributed by atoms with Gasteiger partial charge in [0.2, 0.25) is 0 Å². The van der Waals surface area contributed by atoms with Crippen LogP contribution in [0.2, 0.25) is 0 Å². The zero-order valence-electron chi connectivity index (χ0n) is 27.0. The van der Waals surface area contributed by atoms with E-state index in [-0.39, 0.29) is 17.7 Å². The minimum Gasteiger partial charge on any atom is -0.455 e. The van der Waals surface area contributed by atoms with E-state index in [1.54, 1.807) is 0 Å². The summed E-state index contributed by atoms with van der Waals surface area (Å²) in [6, 6.07) is 42.9. The molecular formula is C43H35FN2O. The van der Waals surface area contributed by atoms with Crippen LogP contribution in [0.1, 0.15) is 50.7 Å². The fraction of sp³-hybridized carbons (Fsp3) is 0.140. The molecule has 0 saturated heterocycles. The molecule has 4 heteroatoms. The number of para-hydroxylation sites is 3. The number of benzene rings is 6. The molecule has 0 atom stereocenters. The Morgan fingerprint density at radius 1 is 0.596 bits per heavy atom. The van der Waals surface area contributed by atoms with Crippen LogP contribution in [-0.2, 0) is 0 Å².